The van der Waals surface area contributed by atoms with Crippen molar-refractivity contribution in [2.24, 2.45) is 4.99 Å². The van der Waals surface area contributed by atoms with Crippen LogP contribution in [-0.4, -0.2) is 34.9 Å². The van der Waals surface area contributed by atoms with Gasteiger partial charge in [-0.3, -0.25) is 24.1 Å². The van der Waals surface area contributed by atoms with E-state index in [4.69, 9.17) is 16.3 Å². The molecule has 32 heavy (non-hydrogen) atoms. The van der Waals surface area contributed by atoms with E-state index in [1.165, 1.54) is 23.5 Å². The highest BCUT2D eigenvalue weighted by Gasteiger charge is 2.30. The Kier molecular flexibility index (Phi) is 6.20. The molecule has 164 valence electrons. The van der Waals surface area contributed by atoms with Gasteiger partial charge in [0.25, 0.3) is 5.91 Å². The van der Waals surface area contributed by atoms with Crippen molar-refractivity contribution >= 4 is 62.5 Å². The molecule has 0 bridgehead atoms. The number of anilines is 1. The maximum atomic E-state index is 12.8. The van der Waals surface area contributed by atoms with Crippen molar-refractivity contribution in [1.82, 2.24) is 4.57 Å². The van der Waals surface area contributed by atoms with Crippen LogP contribution in [0.3, 0.4) is 0 Å². The van der Waals surface area contributed by atoms with Crippen molar-refractivity contribution in [2.75, 3.05) is 11.5 Å². The average molecular weight is 472 g/mol. The van der Waals surface area contributed by atoms with E-state index in [1.54, 1.807) is 35.8 Å². The third kappa shape index (κ3) is 4.21. The number of esters is 1. The van der Waals surface area contributed by atoms with E-state index in [0.717, 1.165) is 9.60 Å². The SMILES string of the molecule is CCOC(=O)Cn1c(=NC(=O)c2ccc(N3C(=O)CCC3=O)cc2)sc2cccc(Cl)c21. The van der Waals surface area contributed by atoms with Crippen molar-refractivity contribution in [3.8, 4) is 0 Å². The minimum absolute atomic E-state index is 0.137. The van der Waals surface area contributed by atoms with Crippen LogP contribution in [0.15, 0.2) is 47.5 Å². The summed E-state index contributed by atoms with van der Waals surface area (Å²) >= 11 is 7.57. The number of rotatable bonds is 5. The molecule has 1 fully saturated rings. The Morgan fingerprint density at radius 1 is 1.09 bits per heavy atom. The number of benzene rings is 2. The topological polar surface area (TPSA) is 98.0 Å². The summed E-state index contributed by atoms with van der Waals surface area (Å²) in [6.45, 7) is 1.81. The molecule has 2 heterocycles. The Hall–Kier alpha value is -3.30. The Morgan fingerprint density at radius 3 is 2.44 bits per heavy atom. The molecule has 0 unspecified atom stereocenters. The van der Waals surface area contributed by atoms with Gasteiger partial charge in [0, 0.05) is 18.4 Å². The second-order valence-corrected chi connectivity index (χ2v) is 8.37. The number of fused-ring (bicyclic) bond motifs is 1. The second kappa shape index (κ2) is 9.05. The maximum Gasteiger partial charge on any atom is 0.326 e. The van der Waals surface area contributed by atoms with Crippen LogP contribution in [0, 0.1) is 0 Å². The molecule has 1 saturated heterocycles. The molecule has 2 aromatic carbocycles. The van der Waals surface area contributed by atoms with Gasteiger partial charge in [-0.2, -0.15) is 4.99 Å². The van der Waals surface area contributed by atoms with E-state index < -0.39 is 11.9 Å². The molecule has 0 radical (unpaired) electrons. The maximum absolute atomic E-state index is 12.8. The molecule has 4 rings (SSSR count). The number of imide groups is 1. The van der Waals surface area contributed by atoms with Gasteiger partial charge in [0.2, 0.25) is 11.8 Å². The minimum atomic E-state index is -0.532. The molecule has 8 nitrogen and oxygen atoms in total. The number of amides is 3. The van der Waals surface area contributed by atoms with E-state index in [9.17, 15) is 19.2 Å². The number of halogens is 1. The highest BCUT2D eigenvalue weighted by molar-refractivity contribution is 7.16. The van der Waals surface area contributed by atoms with Crippen LogP contribution in [0.2, 0.25) is 5.02 Å². The number of aromatic nitrogens is 1. The van der Waals surface area contributed by atoms with Gasteiger partial charge in [0.1, 0.15) is 6.54 Å². The van der Waals surface area contributed by atoms with Crippen LogP contribution >= 0.6 is 22.9 Å². The third-order valence-electron chi connectivity index (χ3n) is 4.87. The summed E-state index contributed by atoms with van der Waals surface area (Å²) in [5.74, 6) is -1.52. The number of carbonyl (C=O) groups is 4. The molecule has 0 spiro atoms. The Bertz CT molecular complexity index is 1290. The zero-order valence-electron chi connectivity index (χ0n) is 17.0. The lowest BCUT2D eigenvalue weighted by Gasteiger charge is -2.13. The van der Waals surface area contributed by atoms with Crippen LogP contribution in [0.4, 0.5) is 5.69 Å². The molecular formula is C22H18ClN3O5S. The van der Waals surface area contributed by atoms with E-state index in [1.807, 2.05) is 6.07 Å². The van der Waals surface area contributed by atoms with Crippen molar-refractivity contribution in [2.45, 2.75) is 26.3 Å². The van der Waals surface area contributed by atoms with Gasteiger partial charge in [0.05, 0.1) is 27.5 Å². The number of hydrogen-bond donors (Lipinski definition) is 0. The van der Waals surface area contributed by atoms with Crippen LogP contribution in [0.5, 0.6) is 0 Å². The van der Waals surface area contributed by atoms with Crippen molar-refractivity contribution in [3.63, 3.8) is 0 Å². The molecule has 0 saturated carbocycles. The van der Waals surface area contributed by atoms with Gasteiger partial charge < -0.3 is 9.30 Å². The largest absolute Gasteiger partial charge is 0.465 e. The predicted molar refractivity (Wildman–Crippen MR) is 120 cm³/mol. The average Bonchev–Trinajstić information content (AvgIpc) is 3.28. The number of nitrogens with zero attached hydrogens (tertiary/aromatic N) is 3. The number of para-hydroxylation sites is 1. The molecule has 0 aliphatic carbocycles. The van der Waals surface area contributed by atoms with Crippen molar-refractivity contribution in [1.29, 1.82) is 0 Å². The molecule has 0 atom stereocenters. The van der Waals surface area contributed by atoms with Gasteiger partial charge in [-0.25, -0.2) is 0 Å². The van der Waals surface area contributed by atoms with Gasteiger partial charge in [0.15, 0.2) is 4.80 Å². The normalized spacial score (nSPS) is 14.4. The fourth-order valence-corrected chi connectivity index (χ4v) is 4.81. The summed E-state index contributed by atoms with van der Waals surface area (Å²) in [5.41, 5.74) is 1.29. The predicted octanol–water partition coefficient (Wildman–Crippen LogP) is 3.31. The molecule has 1 aliphatic rings. The number of hydrogen-bond acceptors (Lipinski definition) is 6. The van der Waals surface area contributed by atoms with E-state index in [-0.39, 0.29) is 43.4 Å². The molecule has 1 aliphatic heterocycles. The molecule has 3 amide bonds. The highest BCUT2D eigenvalue weighted by Crippen LogP contribution is 2.26. The number of ether oxygens (including phenoxy) is 1. The fraction of sp³-hybridized carbons (Fsp3) is 0.227. The van der Waals surface area contributed by atoms with E-state index in [2.05, 4.69) is 4.99 Å². The fourth-order valence-electron chi connectivity index (χ4n) is 3.42. The summed E-state index contributed by atoms with van der Waals surface area (Å²) < 4.78 is 7.38. The van der Waals surface area contributed by atoms with Crippen LogP contribution in [0.25, 0.3) is 10.2 Å². The van der Waals surface area contributed by atoms with Gasteiger partial charge in [-0.15, -0.1) is 0 Å². The van der Waals surface area contributed by atoms with E-state index >= 15 is 0 Å². The molecule has 10 heteroatoms. The van der Waals surface area contributed by atoms with Gasteiger partial charge in [-0.05, 0) is 43.3 Å². The summed E-state index contributed by atoms with van der Waals surface area (Å²) in [6.07, 6.45) is 0.369. The van der Waals surface area contributed by atoms with Crippen molar-refractivity contribution in [3.05, 3.63) is 57.9 Å². The molecule has 0 N–H and O–H groups in total. The first-order valence-corrected chi connectivity index (χ1v) is 11.1. The van der Waals surface area contributed by atoms with E-state index in [0.29, 0.717) is 21.0 Å². The first-order valence-electron chi connectivity index (χ1n) is 9.87. The Labute approximate surface area is 191 Å². The van der Waals surface area contributed by atoms with Gasteiger partial charge >= 0.3 is 5.97 Å². The number of thiazole rings is 1. The molecule has 3 aromatic rings. The van der Waals surface area contributed by atoms with Crippen LogP contribution < -0.4 is 9.70 Å². The van der Waals surface area contributed by atoms with Crippen molar-refractivity contribution < 1.29 is 23.9 Å². The lowest BCUT2D eigenvalue weighted by molar-refractivity contribution is -0.143. The summed E-state index contributed by atoms with van der Waals surface area (Å²) in [7, 11) is 0. The molecular weight excluding hydrogens is 454 g/mol. The zero-order valence-corrected chi connectivity index (χ0v) is 18.6. The summed E-state index contributed by atoms with van der Waals surface area (Å²) in [6, 6.07) is 11.4. The monoisotopic (exact) mass is 471 g/mol. The Balaban J connectivity index is 1.70. The van der Waals surface area contributed by atoms with Gasteiger partial charge in [-0.1, -0.05) is 29.0 Å². The minimum Gasteiger partial charge on any atom is -0.465 e. The zero-order chi connectivity index (χ0) is 22.8. The smallest absolute Gasteiger partial charge is 0.326 e. The lowest BCUT2D eigenvalue weighted by Crippen LogP contribution is -2.28. The summed E-state index contributed by atoms with van der Waals surface area (Å²) in [5, 5.41) is 0.432. The van der Waals surface area contributed by atoms with Crippen LogP contribution in [-0.2, 0) is 25.7 Å². The summed E-state index contributed by atoms with van der Waals surface area (Å²) in [4.78, 5) is 54.4. The Morgan fingerprint density at radius 2 is 1.78 bits per heavy atom. The van der Waals surface area contributed by atoms with Crippen LogP contribution in [0.1, 0.15) is 30.1 Å². The quantitative estimate of drug-likeness (QED) is 0.420. The lowest BCUT2D eigenvalue weighted by atomic mass is 10.2. The first kappa shape index (κ1) is 21.9. The molecule has 1 aromatic heterocycles. The second-order valence-electron chi connectivity index (χ2n) is 6.95. The standard InChI is InChI=1S/C22H18ClN3O5S/c1-2-31-19(29)12-25-20-15(23)4-3-5-16(20)32-22(25)24-21(30)13-6-8-14(9-7-13)26-17(27)10-11-18(26)28/h3-9H,2,10-12H2,1H3. The third-order valence-corrected chi connectivity index (χ3v) is 6.21. The highest BCUT2D eigenvalue weighted by atomic mass is 35.5. The number of carbonyl (C=O) groups excluding carboxylic acids is 4. The first-order chi connectivity index (χ1) is 15.4.